The lowest BCUT2D eigenvalue weighted by molar-refractivity contribution is 0.304. The molecule has 0 heterocycles. The third-order valence-electron chi connectivity index (χ3n) is 3.74. The number of benzene rings is 1. The van der Waals surface area contributed by atoms with E-state index in [2.05, 4.69) is 37.2 Å². The van der Waals surface area contributed by atoms with E-state index >= 15 is 0 Å². The number of nitrogens with two attached hydrogens (primary N) is 1. The summed E-state index contributed by atoms with van der Waals surface area (Å²) in [6.07, 6.45) is 3.16. The summed E-state index contributed by atoms with van der Waals surface area (Å²) in [6, 6.07) is 6.62. The van der Waals surface area contributed by atoms with Gasteiger partial charge >= 0.3 is 0 Å². The molecule has 0 aliphatic carbocycles. The molecule has 0 bridgehead atoms. The van der Waals surface area contributed by atoms with Crippen molar-refractivity contribution in [1.29, 1.82) is 0 Å². The van der Waals surface area contributed by atoms with Gasteiger partial charge < -0.3 is 10.9 Å². The summed E-state index contributed by atoms with van der Waals surface area (Å²) in [5.41, 5.74) is 8.15. The first-order chi connectivity index (χ1) is 9.36. The smallest absolute Gasteiger partial charge is 0.144 e. The van der Waals surface area contributed by atoms with Gasteiger partial charge in [-0.2, -0.15) is 0 Å². The largest absolute Gasteiger partial charge is 0.409 e. The lowest BCUT2D eigenvalue weighted by atomic mass is 9.86. The van der Waals surface area contributed by atoms with Gasteiger partial charge in [-0.05, 0) is 55.7 Å². The van der Waals surface area contributed by atoms with Crippen LogP contribution in [0.25, 0.3) is 0 Å². The van der Waals surface area contributed by atoms with Crippen molar-refractivity contribution in [3.05, 3.63) is 29.3 Å². The summed E-state index contributed by atoms with van der Waals surface area (Å²) < 4.78 is 0. The van der Waals surface area contributed by atoms with E-state index in [9.17, 15) is 0 Å². The predicted molar refractivity (Wildman–Crippen MR) is 87.7 cm³/mol. The standard InChI is InChI=1S/C16H26N2OS/c1-12-7-8-14(11-13(12)2)20-10-6-5-9-16(3,4)15(17)18-19/h7-8,11,19H,5-6,9-10H2,1-4H3,(H2,17,18). The normalized spacial score (nSPS) is 12.7. The summed E-state index contributed by atoms with van der Waals surface area (Å²) in [6.45, 7) is 8.31. The van der Waals surface area contributed by atoms with Gasteiger partial charge in [-0.25, -0.2) is 0 Å². The Balaban J connectivity index is 2.30. The van der Waals surface area contributed by atoms with Crippen molar-refractivity contribution in [3.8, 4) is 0 Å². The molecule has 0 amide bonds. The van der Waals surface area contributed by atoms with E-state index in [0.717, 1.165) is 25.0 Å². The minimum atomic E-state index is -0.222. The number of amidine groups is 1. The van der Waals surface area contributed by atoms with Gasteiger partial charge in [0.15, 0.2) is 0 Å². The van der Waals surface area contributed by atoms with Crippen LogP contribution in [0.5, 0.6) is 0 Å². The topological polar surface area (TPSA) is 58.6 Å². The predicted octanol–water partition coefficient (Wildman–Crippen LogP) is 4.34. The Morgan fingerprint density at radius 2 is 1.95 bits per heavy atom. The van der Waals surface area contributed by atoms with Gasteiger partial charge in [0.2, 0.25) is 0 Å². The fourth-order valence-corrected chi connectivity index (χ4v) is 2.93. The molecule has 0 radical (unpaired) electrons. The molecule has 3 N–H and O–H groups in total. The van der Waals surface area contributed by atoms with Crippen LogP contribution in [0.3, 0.4) is 0 Å². The van der Waals surface area contributed by atoms with Crippen LogP contribution < -0.4 is 5.73 Å². The first kappa shape index (κ1) is 16.9. The number of hydrogen-bond acceptors (Lipinski definition) is 3. The van der Waals surface area contributed by atoms with Crippen LogP contribution in [-0.2, 0) is 0 Å². The average Bonchev–Trinajstić information content (AvgIpc) is 2.41. The Hall–Kier alpha value is -1.16. The van der Waals surface area contributed by atoms with E-state index < -0.39 is 0 Å². The molecule has 1 rings (SSSR count). The molecule has 0 saturated heterocycles. The van der Waals surface area contributed by atoms with Gasteiger partial charge in [0.05, 0.1) is 0 Å². The van der Waals surface area contributed by atoms with Gasteiger partial charge in [-0.1, -0.05) is 31.5 Å². The molecular formula is C16H26N2OS. The fourth-order valence-electron chi connectivity index (χ4n) is 1.93. The molecule has 3 nitrogen and oxygen atoms in total. The molecule has 0 saturated carbocycles. The van der Waals surface area contributed by atoms with Crippen LogP contribution in [0, 0.1) is 19.3 Å². The Kier molecular flexibility index (Phi) is 6.40. The van der Waals surface area contributed by atoms with Crippen LogP contribution >= 0.6 is 11.8 Å². The highest BCUT2D eigenvalue weighted by Crippen LogP contribution is 2.26. The lowest BCUT2D eigenvalue weighted by Crippen LogP contribution is -2.31. The zero-order valence-electron chi connectivity index (χ0n) is 12.9. The molecule has 112 valence electrons. The number of unbranched alkanes of at least 4 members (excludes halogenated alkanes) is 1. The van der Waals surface area contributed by atoms with Crippen molar-refractivity contribution >= 4 is 17.6 Å². The first-order valence-corrected chi connectivity index (χ1v) is 8.03. The molecule has 0 aliphatic heterocycles. The third-order valence-corrected chi connectivity index (χ3v) is 4.82. The monoisotopic (exact) mass is 294 g/mol. The Labute approximate surface area is 126 Å². The molecule has 0 spiro atoms. The first-order valence-electron chi connectivity index (χ1n) is 7.05. The molecule has 0 atom stereocenters. The quantitative estimate of drug-likeness (QED) is 0.196. The van der Waals surface area contributed by atoms with Crippen LogP contribution in [0.1, 0.15) is 44.2 Å². The second-order valence-electron chi connectivity index (χ2n) is 5.92. The van der Waals surface area contributed by atoms with Crippen LogP contribution in [0.15, 0.2) is 28.3 Å². The number of aryl methyl sites for hydroxylation is 2. The second-order valence-corrected chi connectivity index (χ2v) is 7.09. The zero-order chi connectivity index (χ0) is 15.2. The molecule has 1 aromatic rings. The van der Waals surface area contributed by atoms with Crippen LogP contribution in [0.4, 0.5) is 0 Å². The average molecular weight is 294 g/mol. The highest BCUT2D eigenvalue weighted by atomic mass is 32.2. The van der Waals surface area contributed by atoms with Crippen molar-refractivity contribution in [1.82, 2.24) is 0 Å². The Morgan fingerprint density at radius 3 is 2.55 bits per heavy atom. The molecule has 4 heteroatoms. The van der Waals surface area contributed by atoms with Crippen LogP contribution in [0.2, 0.25) is 0 Å². The van der Waals surface area contributed by atoms with Crippen molar-refractivity contribution in [2.24, 2.45) is 16.3 Å². The number of hydrogen-bond donors (Lipinski definition) is 2. The van der Waals surface area contributed by atoms with Crippen molar-refractivity contribution in [2.45, 2.75) is 51.9 Å². The SMILES string of the molecule is Cc1ccc(SCCCCC(C)(C)/C(N)=N/O)cc1C. The maximum absolute atomic E-state index is 8.73. The van der Waals surface area contributed by atoms with Crippen molar-refractivity contribution in [2.75, 3.05) is 5.75 Å². The molecule has 1 aromatic carbocycles. The molecule has 20 heavy (non-hydrogen) atoms. The molecular weight excluding hydrogens is 268 g/mol. The molecule has 0 unspecified atom stereocenters. The Morgan fingerprint density at radius 1 is 1.25 bits per heavy atom. The highest BCUT2D eigenvalue weighted by Gasteiger charge is 2.22. The van der Waals surface area contributed by atoms with E-state index in [1.54, 1.807) is 0 Å². The van der Waals surface area contributed by atoms with Crippen molar-refractivity contribution in [3.63, 3.8) is 0 Å². The zero-order valence-corrected chi connectivity index (χ0v) is 13.8. The van der Waals surface area contributed by atoms with E-state index in [1.807, 2.05) is 25.6 Å². The molecule has 0 aromatic heterocycles. The summed E-state index contributed by atoms with van der Waals surface area (Å²) in [5.74, 6) is 1.42. The number of oxime groups is 1. The fraction of sp³-hybridized carbons (Fsp3) is 0.562. The minimum absolute atomic E-state index is 0.222. The maximum Gasteiger partial charge on any atom is 0.144 e. The minimum Gasteiger partial charge on any atom is -0.409 e. The Bertz CT molecular complexity index is 470. The van der Waals surface area contributed by atoms with E-state index in [-0.39, 0.29) is 5.41 Å². The summed E-state index contributed by atoms with van der Waals surface area (Å²) in [5, 5.41) is 11.8. The van der Waals surface area contributed by atoms with Gasteiger partial charge in [0.1, 0.15) is 5.84 Å². The van der Waals surface area contributed by atoms with Crippen molar-refractivity contribution < 1.29 is 5.21 Å². The van der Waals surface area contributed by atoms with E-state index in [4.69, 9.17) is 10.9 Å². The van der Waals surface area contributed by atoms with E-state index in [1.165, 1.54) is 16.0 Å². The van der Waals surface area contributed by atoms with Gasteiger partial charge in [0, 0.05) is 10.3 Å². The molecule has 0 fully saturated rings. The van der Waals surface area contributed by atoms with Crippen LogP contribution in [-0.4, -0.2) is 16.8 Å². The highest BCUT2D eigenvalue weighted by molar-refractivity contribution is 7.99. The molecule has 0 aliphatic rings. The number of thioether (sulfide) groups is 1. The summed E-state index contributed by atoms with van der Waals surface area (Å²) >= 11 is 1.90. The maximum atomic E-state index is 8.73. The van der Waals surface area contributed by atoms with Gasteiger partial charge in [0.25, 0.3) is 0 Å². The number of nitrogens with zero attached hydrogens (tertiary/aromatic N) is 1. The number of rotatable bonds is 7. The van der Waals surface area contributed by atoms with E-state index in [0.29, 0.717) is 5.84 Å². The lowest BCUT2D eigenvalue weighted by Gasteiger charge is -2.22. The summed E-state index contributed by atoms with van der Waals surface area (Å²) in [4.78, 5) is 1.34. The van der Waals surface area contributed by atoms with Gasteiger partial charge in [-0.3, -0.25) is 0 Å². The second kappa shape index (κ2) is 7.58. The summed E-state index contributed by atoms with van der Waals surface area (Å²) in [7, 11) is 0. The van der Waals surface area contributed by atoms with Gasteiger partial charge in [-0.15, -0.1) is 11.8 Å². The third kappa shape index (κ3) is 5.08.